The first-order valence-electron chi connectivity index (χ1n) is 8.23. The van der Waals surface area contributed by atoms with Crippen molar-refractivity contribution in [1.29, 1.82) is 0 Å². The Morgan fingerprint density at radius 2 is 2.26 bits per heavy atom. The van der Waals surface area contributed by atoms with Gasteiger partial charge in [-0.3, -0.25) is 19.9 Å². The van der Waals surface area contributed by atoms with Crippen LogP contribution in [0.3, 0.4) is 0 Å². The molecule has 1 atom stereocenters. The number of carbonyl (C=O) groups is 2. The topological polar surface area (TPSA) is 133 Å². The average molecular weight is 386 g/mol. The van der Waals surface area contributed by atoms with Crippen LogP contribution in [0.2, 0.25) is 0 Å². The molecule has 3 heterocycles. The van der Waals surface area contributed by atoms with E-state index in [0.717, 1.165) is 11.3 Å². The summed E-state index contributed by atoms with van der Waals surface area (Å²) in [5.74, 6) is -1.30. The van der Waals surface area contributed by atoms with Gasteiger partial charge in [-0.2, -0.15) is 4.98 Å². The normalized spacial score (nSPS) is 15.4. The third kappa shape index (κ3) is 3.40. The van der Waals surface area contributed by atoms with Crippen molar-refractivity contribution in [3.63, 3.8) is 0 Å². The lowest BCUT2D eigenvalue weighted by atomic mass is 10.1. The number of amides is 1. The fraction of sp³-hybridized carbons (Fsp3) is 0.312. The molecule has 0 radical (unpaired) electrons. The molecule has 1 amide bonds. The van der Waals surface area contributed by atoms with Gasteiger partial charge >= 0.3 is 17.8 Å². The molecule has 0 fully saturated rings. The van der Waals surface area contributed by atoms with Crippen LogP contribution in [0.4, 0.5) is 5.13 Å². The molecule has 1 aliphatic rings. The first-order chi connectivity index (χ1) is 13.2. The number of hydrogen-bond acceptors (Lipinski definition) is 10. The quantitative estimate of drug-likeness (QED) is 0.652. The SMILES string of the molecule is CCOC(=O)[C@@H]1CCc2sc(NC(=O)c3nc(-c4cnccn4)no3)nc21. The predicted octanol–water partition coefficient (Wildman–Crippen LogP) is 1.83. The smallest absolute Gasteiger partial charge is 0.316 e. The molecule has 11 heteroatoms. The van der Waals surface area contributed by atoms with Gasteiger partial charge in [-0.15, -0.1) is 11.3 Å². The Morgan fingerprint density at radius 3 is 3.04 bits per heavy atom. The van der Waals surface area contributed by atoms with Crippen LogP contribution < -0.4 is 5.32 Å². The number of hydrogen-bond donors (Lipinski definition) is 1. The monoisotopic (exact) mass is 386 g/mol. The second-order valence-corrected chi connectivity index (χ2v) is 6.72. The van der Waals surface area contributed by atoms with E-state index in [9.17, 15) is 9.59 Å². The summed E-state index contributed by atoms with van der Waals surface area (Å²) in [7, 11) is 0. The van der Waals surface area contributed by atoms with Gasteiger partial charge < -0.3 is 9.26 Å². The molecule has 10 nitrogen and oxygen atoms in total. The second-order valence-electron chi connectivity index (χ2n) is 5.64. The van der Waals surface area contributed by atoms with Gasteiger partial charge in [0.1, 0.15) is 11.6 Å². The summed E-state index contributed by atoms with van der Waals surface area (Å²) in [5, 5.41) is 6.73. The summed E-state index contributed by atoms with van der Waals surface area (Å²) < 4.78 is 10.1. The van der Waals surface area contributed by atoms with Crippen LogP contribution in [0.5, 0.6) is 0 Å². The van der Waals surface area contributed by atoms with Crippen LogP contribution in [0.25, 0.3) is 11.5 Å². The van der Waals surface area contributed by atoms with Crippen molar-refractivity contribution >= 4 is 28.3 Å². The summed E-state index contributed by atoms with van der Waals surface area (Å²) in [4.78, 5) is 41.7. The predicted molar refractivity (Wildman–Crippen MR) is 93.1 cm³/mol. The van der Waals surface area contributed by atoms with Gasteiger partial charge in [0.15, 0.2) is 5.13 Å². The molecule has 138 valence electrons. The standard InChI is InChI=1S/C16H14N6O4S/c1-2-25-15(24)8-3-4-10-11(8)19-16(27-10)21-13(23)14-20-12(22-26-14)9-7-17-5-6-18-9/h5-8H,2-4H2,1H3,(H,19,21,23)/t8-/m1/s1. The number of ether oxygens (including phenoxy) is 1. The maximum Gasteiger partial charge on any atom is 0.316 e. The molecule has 1 aliphatic carbocycles. The second kappa shape index (κ2) is 7.19. The van der Waals surface area contributed by atoms with Gasteiger partial charge in [0.05, 0.1) is 18.5 Å². The van der Waals surface area contributed by atoms with Crippen molar-refractivity contribution in [1.82, 2.24) is 25.1 Å². The summed E-state index contributed by atoms with van der Waals surface area (Å²) in [5.41, 5.74) is 1.06. The van der Waals surface area contributed by atoms with Gasteiger partial charge in [-0.25, -0.2) is 9.97 Å². The Bertz CT molecular complexity index is 986. The van der Waals surface area contributed by atoms with Crippen molar-refractivity contribution in [2.24, 2.45) is 0 Å². The van der Waals surface area contributed by atoms with Crippen molar-refractivity contribution in [2.75, 3.05) is 11.9 Å². The molecule has 0 spiro atoms. The zero-order valence-corrected chi connectivity index (χ0v) is 15.0. The maximum atomic E-state index is 12.3. The zero-order valence-electron chi connectivity index (χ0n) is 14.2. The summed E-state index contributed by atoms with van der Waals surface area (Å²) in [6.45, 7) is 2.09. The van der Waals surface area contributed by atoms with Crippen molar-refractivity contribution in [2.45, 2.75) is 25.7 Å². The molecule has 0 saturated carbocycles. The lowest BCUT2D eigenvalue weighted by Gasteiger charge is -2.07. The molecule has 3 aromatic rings. The molecule has 4 rings (SSSR count). The van der Waals surface area contributed by atoms with E-state index >= 15 is 0 Å². The molecule has 0 aliphatic heterocycles. The van der Waals surface area contributed by atoms with Crippen LogP contribution in [-0.4, -0.2) is 43.6 Å². The Morgan fingerprint density at radius 1 is 1.37 bits per heavy atom. The van der Waals surface area contributed by atoms with Crippen LogP contribution in [0, 0.1) is 0 Å². The number of thiazole rings is 1. The first kappa shape index (κ1) is 17.2. The largest absolute Gasteiger partial charge is 0.465 e. The van der Waals surface area contributed by atoms with E-state index in [1.807, 2.05) is 0 Å². The number of nitrogens with one attached hydrogen (secondary N) is 1. The highest BCUT2D eigenvalue weighted by molar-refractivity contribution is 7.16. The van der Waals surface area contributed by atoms with E-state index in [1.54, 1.807) is 6.92 Å². The number of aromatic nitrogens is 5. The van der Waals surface area contributed by atoms with Crippen molar-refractivity contribution in [3.8, 4) is 11.5 Å². The minimum absolute atomic E-state index is 0.164. The molecule has 3 aromatic heterocycles. The minimum atomic E-state index is -0.585. The highest BCUT2D eigenvalue weighted by Gasteiger charge is 2.34. The Labute approximate surface area is 157 Å². The Kier molecular flexibility index (Phi) is 4.59. The van der Waals surface area contributed by atoms with Crippen LogP contribution in [0.15, 0.2) is 23.1 Å². The fourth-order valence-corrected chi connectivity index (χ4v) is 3.77. The lowest BCUT2D eigenvalue weighted by molar-refractivity contribution is -0.145. The van der Waals surface area contributed by atoms with Gasteiger partial charge in [0.2, 0.25) is 5.82 Å². The number of aryl methyl sites for hydroxylation is 1. The lowest BCUT2D eigenvalue weighted by Crippen LogP contribution is -2.15. The number of fused-ring (bicyclic) bond motifs is 1. The van der Waals surface area contributed by atoms with E-state index in [4.69, 9.17) is 9.26 Å². The van der Waals surface area contributed by atoms with Gasteiger partial charge in [0, 0.05) is 17.3 Å². The Hall–Kier alpha value is -3.21. The van der Waals surface area contributed by atoms with Crippen molar-refractivity contribution in [3.05, 3.63) is 35.1 Å². The molecule has 0 aromatic carbocycles. The molecule has 0 bridgehead atoms. The molecular formula is C16H14N6O4S. The van der Waals surface area contributed by atoms with Gasteiger partial charge in [-0.1, -0.05) is 5.16 Å². The third-order valence-corrected chi connectivity index (χ3v) is 4.97. The first-order valence-corrected chi connectivity index (χ1v) is 9.05. The maximum absolute atomic E-state index is 12.3. The third-order valence-electron chi connectivity index (χ3n) is 3.92. The van der Waals surface area contributed by atoms with Crippen LogP contribution in [-0.2, 0) is 16.0 Å². The average Bonchev–Trinajstić information content (AvgIpc) is 3.38. The van der Waals surface area contributed by atoms with Gasteiger partial charge in [0.25, 0.3) is 0 Å². The number of nitrogens with zero attached hydrogens (tertiary/aromatic N) is 5. The molecular weight excluding hydrogens is 372 g/mol. The molecule has 1 N–H and O–H groups in total. The number of anilines is 1. The summed E-state index contributed by atoms with van der Waals surface area (Å²) >= 11 is 1.32. The van der Waals surface area contributed by atoms with E-state index in [0.29, 0.717) is 29.5 Å². The fourth-order valence-electron chi connectivity index (χ4n) is 2.74. The zero-order chi connectivity index (χ0) is 18.8. The highest BCUT2D eigenvalue weighted by Crippen LogP contribution is 2.39. The number of esters is 1. The number of rotatable bonds is 5. The minimum Gasteiger partial charge on any atom is -0.465 e. The summed E-state index contributed by atoms with van der Waals surface area (Å²) in [6, 6.07) is 0. The van der Waals surface area contributed by atoms with Crippen molar-refractivity contribution < 1.29 is 18.8 Å². The van der Waals surface area contributed by atoms with E-state index < -0.39 is 5.91 Å². The van der Waals surface area contributed by atoms with Crippen LogP contribution in [0.1, 0.15) is 40.5 Å². The highest BCUT2D eigenvalue weighted by atomic mass is 32.1. The molecule has 0 unspecified atom stereocenters. The molecule has 0 saturated heterocycles. The molecule has 27 heavy (non-hydrogen) atoms. The van der Waals surface area contributed by atoms with E-state index in [-0.39, 0.29) is 23.6 Å². The van der Waals surface area contributed by atoms with E-state index in [2.05, 4.69) is 30.4 Å². The number of carbonyl (C=O) groups excluding carboxylic acids is 2. The van der Waals surface area contributed by atoms with Crippen LogP contribution >= 0.6 is 11.3 Å². The Balaban J connectivity index is 1.48. The summed E-state index contributed by atoms with van der Waals surface area (Å²) in [6.07, 6.45) is 5.87. The van der Waals surface area contributed by atoms with E-state index in [1.165, 1.54) is 29.9 Å². The van der Waals surface area contributed by atoms with Gasteiger partial charge in [-0.05, 0) is 19.8 Å².